The fourth-order valence-corrected chi connectivity index (χ4v) is 2.27. The first-order valence-corrected chi connectivity index (χ1v) is 6.73. The molecule has 1 N–H and O–H groups in total. The Balaban J connectivity index is 2.05. The number of rotatable bonds is 4. The lowest BCUT2D eigenvalue weighted by Crippen LogP contribution is -2.24. The Morgan fingerprint density at radius 1 is 1.05 bits per heavy atom. The summed E-state index contributed by atoms with van der Waals surface area (Å²) in [4.78, 5) is 13.2. The van der Waals surface area contributed by atoms with Crippen LogP contribution in [0.25, 0.3) is 10.9 Å². The molecule has 1 unspecified atom stereocenters. The lowest BCUT2D eigenvalue weighted by molar-refractivity contribution is 0.596. The third-order valence-corrected chi connectivity index (χ3v) is 3.20. The highest BCUT2D eigenvalue weighted by Gasteiger charge is 2.16. The molecule has 0 bridgehead atoms. The van der Waals surface area contributed by atoms with Gasteiger partial charge in [-0.1, -0.05) is 25.1 Å². The average molecular weight is 264 g/mol. The minimum atomic E-state index is -0.0293. The molecule has 1 atom stereocenters. The maximum atomic E-state index is 4.51. The van der Waals surface area contributed by atoms with E-state index in [1.807, 2.05) is 30.5 Å². The van der Waals surface area contributed by atoms with Gasteiger partial charge in [-0.15, -0.1) is 0 Å². The standard InChI is InChI=1S/C16H16N4/c1-2-17-15(16-18-8-5-9-19-16)13-10-12-6-3-4-7-14(12)20-11-13/h3-11,15,17H,2H2,1H3. The van der Waals surface area contributed by atoms with E-state index in [0.29, 0.717) is 0 Å². The van der Waals surface area contributed by atoms with E-state index < -0.39 is 0 Å². The van der Waals surface area contributed by atoms with Gasteiger partial charge in [0.1, 0.15) is 5.82 Å². The highest BCUT2D eigenvalue weighted by Crippen LogP contribution is 2.21. The van der Waals surface area contributed by atoms with Gasteiger partial charge < -0.3 is 5.32 Å². The maximum Gasteiger partial charge on any atom is 0.149 e. The van der Waals surface area contributed by atoms with Crippen LogP contribution >= 0.6 is 0 Å². The number of para-hydroxylation sites is 1. The molecule has 0 fully saturated rings. The Bertz CT molecular complexity index is 697. The Labute approximate surface area is 117 Å². The zero-order valence-corrected chi connectivity index (χ0v) is 11.3. The van der Waals surface area contributed by atoms with Crippen molar-refractivity contribution in [2.45, 2.75) is 13.0 Å². The number of fused-ring (bicyclic) bond motifs is 1. The summed E-state index contributed by atoms with van der Waals surface area (Å²) < 4.78 is 0. The molecule has 3 rings (SSSR count). The number of nitrogens with zero attached hydrogens (tertiary/aromatic N) is 3. The number of hydrogen-bond acceptors (Lipinski definition) is 4. The Kier molecular flexibility index (Phi) is 3.65. The van der Waals surface area contributed by atoms with E-state index >= 15 is 0 Å². The van der Waals surface area contributed by atoms with Gasteiger partial charge in [-0.05, 0) is 30.3 Å². The Morgan fingerprint density at radius 3 is 2.65 bits per heavy atom. The molecule has 0 aliphatic carbocycles. The molecule has 0 saturated heterocycles. The number of aromatic nitrogens is 3. The quantitative estimate of drug-likeness (QED) is 0.787. The molecule has 0 saturated carbocycles. The smallest absolute Gasteiger partial charge is 0.149 e. The molecule has 0 amide bonds. The van der Waals surface area contributed by atoms with Crippen LogP contribution in [-0.4, -0.2) is 21.5 Å². The molecule has 0 radical (unpaired) electrons. The normalized spacial score (nSPS) is 12.4. The highest BCUT2D eigenvalue weighted by molar-refractivity contribution is 5.78. The van der Waals surface area contributed by atoms with Crippen molar-refractivity contribution >= 4 is 10.9 Å². The number of pyridine rings is 1. The summed E-state index contributed by atoms with van der Waals surface area (Å²) in [6, 6.07) is 12.0. The van der Waals surface area contributed by atoms with Gasteiger partial charge in [0.2, 0.25) is 0 Å². The van der Waals surface area contributed by atoms with Crippen LogP contribution in [-0.2, 0) is 0 Å². The first kappa shape index (κ1) is 12.7. The SMILES string of the molecule is CCNC(c1cnc2ccccc2c1)c1ncccn1. The molecule has 1 aromatic carbocycles. The highest BCUT2D eigenvalue weighted by atomic mass is 15.0. The van der Waals surface area contributed by atoms with E-state index in [2.05, 4.69) is 39.3 Å². The van der Waals surface area contributed by atoms with Gasteiger partial charge in [0.05, 0.1) is 11.6 Å². The van der Waals surface area contributed by atoms with E-state index in [1.165, 1.54) is 0 Å². The fourth-order valence-electron chi connectivity index (χ4n) is 2.27. The lowest BCUT2D eigenvalue weighted by atomic mass is 10.1. The zero-order chi connectivity index (χ0) is 13.8. The van der Waals surface area contributed by atoms with Crippen LogP contribution in [0.15, 0.2) is 55.0 Å². The summed E-state index contributed by atoms with van der Waals surface area (Å²) in [6.07, 6.45) is 5.42. The Hall–Kier alpha value is -2.33. The average Bonchev–Trinajstić information content (AvgIpc) is 2.53. The number of nitrogens with one attached hydrogen (secondary N) is 1. The third kappa shape index (κ3) is 2.51. The second kappa shape index (κ2) is 5.75. The molecule has 20 heavy (non-hydrogen) atoms. The van der Waals surface area contributed by atoms with E-state index in [1.54, 1.807) is 12.4 Å². The second-order valence-corrected chi connectivity index (χ2v) is 4.56. The molecule has 3 aromatic rings. The third-order valence-electron chi connectivity index (χ3n) is 3.20. The van der Waals surface area contributed by atoms with Crippen molar-refractivity contribution in [3.8, 4) is 0 Å². The van der Waals surface area contributed by atoms with Gasteiger partial charge in [0.25, 0.3) is 0 Å². The Morgan fingerprint density at radius 2 is 1.85 bits per heavy atom. The molecule has 0 spiro atoms. The fraction of sp³-hybridized carbons (Fsp3) is 0.188. The van der Waals surface area contributed by atoms with Gasteiger partial charge in [-0.3, -0.25) is 4.98 Å². The summed E-state index contributed by atoms with van der Waals surface area (Å²) in [6.45, 7) is 2.92. The van der Waals surface area contributed by atoms with E-state index in [9.17, 15) is 0 Å². The molecular weight excluding hydrogens is 248 g/mol. The van der Waals surface area contributed by atoms with Gasteiger partial charge >= 0.3 is 0 Å². The topological polar surface area (TPSA) is 50.7 Å². The van der Waals surface area contributed by atoms with Gasteiger partial charge in [-0.25, -0.2) is 9.97 Å². The van der Waals surface area contributed by atoms with Crippen LogP contribution in [0.2, 0.25) is 0 Å². The van der Waals surface area contributed by atoms with Gasteiger partial charge in [-0.2, -0.15) is 0 Å². The lowest BCUT2D eigenvalue weighted by Gasteiger charge is -2.16. The van der Waals surface area contributed by atoms with Gasteiger partial charge in [0, 0.05) is 24.0 Å². The molecule has 100 valence electrons. The van der Waals surface area contributed by atoms with Crippen molar-refractivity contribution in [3.63, 3.8) is 0 Å². The summed E-state index contributed by atoms with van der Waals surface area (Å²) in [7, 11) is 0. The van der Waals surface area contributed by atoms with Crippen molar-refractivity contribution < 1.29 is 0 Å². The monoisotopic (exact) mass is 264 g/mol. The molecule has 0 aliphatic heterocycles. The van der Waals surface area contributed by atoms with Crippen molar-refractivity contribution in [1.29, 1.82) is 0 Å². The molecule has 0 aliphatic rings. The predicted octanol–water partition coefficient (Wildman–Crippen LogP) is 2.72. The van der Waals surface area contributed by atoms with E-state index in [4.69, 9.17) is 0 Å². The van der Waals surface area contributed by atoms with Crippen LogP contribution in [0.3, 0.4) is 0 Å². The maximum absolute atomic E-state index is 4.51. The van der Waals surface area contributed by atoms with Gasteiger partial charge in [0.15, 0.2) is 0 Å². The minimum Gasteiger partial charge on any atom is -0.304 e. The largest absolute Gasteiger partial charge is 0.304 e. The number of hydrogen-bond donors (Lipinski definition) is 1. The molecule has 2 aromatic heterocycles. The molecule has 4 heteroatoms. The van der Waals surface area contributed by atoms with Crippen molar-refractivity contribution in [2.24, 2.45) is 0 Å². The van der Waals surface area contributed by atoms with E-state index in [-0.39, 0.29) is 6.04 Å². The van der Waals surface area contributed by atoms with Crippen molar-refractivity contribution in [3.05, 3.63) is 66.4 Å². The first-order chi connectivity index (χ1) is 9.88. The van der Waals surface area contributed by atoms with Crippen molar-refractivity contribution in [2.75, 3.05) is 6.54 Å². The van der Waals surface area contributed by atoms with Crippen LogP contribution < -0.4 is 5.32 Å². The summed E-state index contributed by atoms with van der Waals surface area (Å²) in [5, 5.41) is 4.54. The summed E-state index contributed by atoms with van der Waals surface area (Å²) >= 11 is 0. The van der Waals surface area contributed by atoms with E-state index in [0.717, 1.165) is 28.8 Å². The van der Waals surface area contributed by atoms with Crippen LogP contribution in [0.4, 0.5) is 0 Å². The molecule has 2 heterocycles. The second-order valence-electron chi connectivity index (χ2n) is 4.56. The number of benzene rings is 1. The van der Waals surface area contributed by atoms with Crippen LogP contribution in [0.1, 0.15) is 24.4 Å². The first-order valence-electron chi connectivity index (χ1n) is 6.73. The van der Waals surface area contributed by atoms with Crippen LogP contribution in [0.5, 0.6) is 0 Å². The predicted molar refractivity (Wildman–Crippen MR) is 79.3 cm³/mol. The summed E-state index contributed by atoms with van der Waals surface area (Å²) in [5.41, 5.74) is 2.08. The molecule has 4 nitrogen and oxygen atoms in total. The van der Waals surface area contributed by atoms with Crippen LogP contribution in [0, 0.1) is 0 Å². The summed E-state index contributed by atoms with van der Waals surface area (Å²) in [5.74, 6) is 0.770. The molecular formula is C16H16N4. The zero-order valence-electron chi connectivity index (χ0n) is 11.3. The van der Waals surface area contributed by atoms with Crippen molar-refractivity contribution in [1.82, 2.24) is 20.3 Å². The minimum absolute atomic E-state index is 0.0293.